The van der Waals surface area contributed by atoms with Crippen molar-refractivity contribution in [2.45, 2.75) is 18.4 Å². The lowest BCUT2D eigenvalue weighted by Gasteiger charge is -2.12. The van der Waals surface area contributed by atoms with Gasteiger partial charge in [-0.3, -0.25) is 0 Å². The number of benzene rings is 2. The second-order valence-corrected chi connectivity index (χ2v) is 5.94. The number of carbonyl (C=O) groups is 1. The van der Waals surface area contributed by atoms with Crippen molar-refractivity contribution < 1.29 is 18.3 Å². The molecule has 1 heterocycles. The number of ether oxygens (including phenoxy) is 1. The van der Waals surface area contributed by atoms with Gasteiger partial charge < -0.3 is 10.1 Å². The molecule has 0 radical (unpaired) electrons. The van der Waals surface area contributed by atoms with Gasteiger partial charge in [-0.05, 0) is 35.0 Å². The molecule has 6 heteroatoms. The normalized spacial score (nSPS) is 20.5. The fraction of sp³-hybridized carbons (Fsp3) is 0.267. The molecule has 1 N–H and O–H groups in total. The lowest BCUT2D eigenvalue weighted by Crippen LogP contribution is -2.22. The predicted molar refractivity (Wildman–Crippen MR) is 79.6 cm³/mol. The minimum absolute atomic E-state index is 0.170. The summed E-state index contributed by atoms with van der Waals surface area (Å²) in [6.07, 6.45) is -1.37. The van der Waals surface area contributed by atoms with Gasteiger partial charge in [0.05, 0.1) is 13.0 Å². The van der Waals surface area contributed by atoms with Crippen LogP contribution in [0.2, 0.25) is 0 Å². The number of hydrogen-bond acceptors (Lipinski definition) is 3. The number of nitrogens with one attached hydrogen (secondary N) is 1. The van der Waals surface area contributed by atoms with Gasteiger partial charge in [-0.25, -0.2) is 4.79 Å². The van der Waals surface area contributed by atoms with Crippen LogP contribution in [0.5, 0.6) is 0 Å². The zero-order valence-electron chi connectivity index (χ0n) is 10.9. The smallest absolute Gasteiger partial charge is 0.377 e. The predicted octanol–water partition coefficient (Wildman–Crippen LogP) is 3.97. The molecular weight excluding hydrogens is 344 g/mol. The molecule has 0 saturated carbocycles. The monoisotopic (exact) mass is 355 g/mol. The highest BCUT2D eigenvalue weighted by Crippen LogP contribution is 2.31. The summed E-state index contributed by atoms with van der Waals surface area (Å²) in [6, 6.07) is 11.6. The molecular formula is C15H12BrF2NO2. The summed E-state index contributed by atoms with van der Waals surface area (Å²) < 4.78 is 31.7. The Morgan fingerprint density at radius 2 is 1.95 bits per heavy atom. The number of rotatable bonds is 3. The highest BCUT2D eigenvalue weighted by atomic mass is 79.9. The van der Waals surface area contributed by atoms with Crippen molar-refractivity contribution in [2.24, 2.45) is 0 Å². The molecule has 3 nitrogen and oxygen atoms in total. The van der Waals surface area contributed by atoms with Crippen LogP contribution >= 0.6 is 15.9 Å². The summed E-state index contributed by atoms with van der Waals surface area (Å²) in [6.45, 7) is 0.170. The van der Waals surface area contributed by atoms with E-state index in [0.717, 1.165) is 20.9 Å². The molecule has 110 valence electrons. The second kappa shape index (κ2) is 5.26. The molecule has 1 aliphatic rings. The third kappa shape index (κ3) is 3.00. The minimum Gasteiger partial charge on any atom is -0.456 e. The summed E-state index contributed by atoms with van der Waals surface area (Å²) in [5.74, 6) is -4.79. The van der Waals surface area contributed by atoms with Gasteiger partial charge in [0.25, 0.3) is 0 Å². The SMILES string of the molecule is O=C1OC(CNc2ccc3cc(Br)ccc3c2)CC1(F)F. The molecule has 2 aromatic carbocycles. The number of anilines is 1. The van der Waals surface area contributed by atoms with Crippen LogP contribution in [0.3, 0.4) is 0 Å². The third-order valence-electron chi connectivity index (χ3n) is 3.39. The molecule has 0 spiro atoms. The van der Waals surface area contributed by atoms with Crippen LogP contribution in [0.4, 0.5) is 14.5 Å². The standard InChI is InChI=1S/C15H12BrF2NO2/c16-11-3-1-10-6-12(4-2-9(10)5-11)19-8-13-7-15(17,18)14(20)21-13/h1-6,13,19H,7-8H2. The fourth-order valence-electron chi connectivity index (χ4n) is 2.32. The molecule has 0 aromatic heterocycles. The molecule has 1 aliphatic heterocycles. The second-order valence-electron chi connectivity index (χ2n) is 5.02. The Morgan fingerprint density at radius 1 is 1.24 bits per heavy atom. The van der Waals surface area contributed by atoms with Gasteiger partial charge in [0.15, 0.2) is 0 Å². The van der Waals surface area contributed by atoms with Gasteiger partial charge in [-0.2, -0.15) is 8.78 Å². The molecule has 1 atom stereocenters. The maximum Gasteiger partial charge on any atom is 0.377 e. The van der Waals surface area contributed by atoms with E-state index in [1.54, 1.807) is 0 Å². The van der Waals surface area contributed by atoms with E-state index in [1.165, 1.54) is 0 Å². The van der Waals surface area contributed by atoms with E-state index in [9.17, 15) is 13.6 Å². The lowest BCUT2D eigenvalue weighted by atomic mass is 10.1. The van der Waals surface area contributed by atoms with E-state index in [-0.39, 0.29) is 6.54 Å². The first-order valence-electron chi connectivity index (χ1n) is 6.46. The average Bonchev–Trinajstić information content (AvgIpc) is 2.70. The Balaban J connectivity index is 1.69. The van der Waals surface area contributed by atoms with E-state index in [4.69, 9.17) is 0 Å². The van der Waals surface area contributed by atoms with E-state index in [0.29, 0.717) is 0 Å². The summed E-state index contributed by atoms with van der Waals surface area (Å²) >= 11 is 3.41. The van der Waals surface area contributed by atoms with Crippen molar-refractivity contribution in [3.8, 4) is 0 Å². The van der Waals surface area contributed by atoms with Crippen molar-refractivity contribution in [2.75, 3.05) is 11.9 Å². The molecule has 1 saturated heterocycles. The van der Waals surface area contributed by atoms with Crippen LogP contribution in [0, 0.1) is 0 Å². The number of carbonyl (C=O) groups excluding carboxylic acids is 1. The highest BCUT2D eigenvalue weighted by Gasteiger charge is 2.50. The van der Waals surface area contributed by atoms with E-state index >= 15 is 0 Å². The van der Waals surface area contributed by atoms with Crippen LogP contribution < -0.4 is 5.32 Å². The van der Waals surface area contributed by atoms with Crippen molar-refractivity contribution in [1.29, 1.82) is 0 Å². The molecule has 1 unspecified atom stereocenters. The van der Waals surface area contributed by atoms with Crippen LogP contribution in [-0.2, 0) is 9.53 Å². The maximum absolute atomic E-state index is 13.1. The Hall–Kier alpha value is -1.69. The number of hydrogen-bond donors (Lipinski definition) is 1. The third-order valence-corrected chi connectivity index (χ3v) is 3.89. The number of cyclic esters (lactones) is 1. The number of alkyl halides is 2. The van der Waals surface area contributed by atoms with Gasteiger partial charge in [0, 0.05) is 10.2 Å². The Kier molecular flexibility index (Phi) is 3.57. The zero-order chi connectivity index (χ0) is 15.0. The van der Waals surface area contributed by atoms with Crippen molar-refractivity contribution in [1.82, 2.24) is 0 Å². The summed E-state index contributed by atoms with van der Waals surface area (Å²) in [5, 5.41) is 5.15. The Bertz CT molecular complexity index is 705. The van der Waals surface area contributed by atoms with Crippen LogP contribution in [0.15, 0.2) is 40.9 Å². The van der Waals surface area contributed by atoms with Crippen molar-refractivity contribution in [3.63, 3.8) is 0 Å². The quantitative estimate of drug-likeness (QED) is 0.846. The van der Waals surface area contributed by atoms with Crippen molar-refractivity contribution >= 4 is 38.4 Å². The average molecular weight is 356 g/mol. The molecule has 3 rings (SSSR count). The zero-order valence-corrected chi connectivity index (χ0v) is 12.5. The molecule has 2 aromatic rings. The first kappa shape index (κ1) is 14.3. The van der Waals surface area contributed by atoms with E-state index in [1.807, 2.05) is 36.4 Å². The first-order valence-corrected chi connectivity index (χ1v) is 7.25. The lowest BCUT2D eigenvalue weighted by molar-refractivity contribution is -0.158. The maximum atomic E-state index is 13.1. The largest absolute Gasteiger partial charge is 0.456 e. The summed E-state index contributed by atoms with van der Waals surface area (Å²) in [5.41, 5.74) is 0.802. The number of fused-ring (bicyclic) bond motifs is 1. The topological polar surface area (TPSA) is 38.3 Å². The molecule has 0 amide bonds. The molecule has 0 aliphatic carbocycles. The van der Waals surface area contributed by atoms with Crippen LogP contribution in [0.1, 0.15) is 6.42 Å². The molecule has 1 fully saturated rings. The van der Waals surface area contributed by atoms with E-state index < -0.39 is 24.4 Å². The molecule has 21 heavy (non-hydrogen) atoms. The van der Waals surface area contributed by atoms with Crippen LogP contribution in [-0.4, -0.2) is 24.5 Å². The highest BCUT2D eigenvalue weighted by molar-refractivity contribution is 9.10. The van der Waals surface area contributed by atoms with Gasteiger partial charge in [-0.15, -0.1) is 0 Å². The molecule has 0 bridgehead atoms. The summed E-state index contributed by atoms with van der Waals surface area (Å²) in [4.78, 5) is 10.9. The Labute approximate surface area is 128 Å². The van der Waals surface area contributed by atoms with E-state index in [2.05, 4.69) is 26.0 Å². The number of halogens is 3. The van der Waals surface area contributed by atoms with Crippen LogP contribution in [0.25, 0.3) is 10.8 Å². The summed E-state index contributed by atoms with van der Waals surface area (Å²) in [7, 11) is 0. The minimum atomic E-state index is -3.36. The van der Waals surface area contributed by atoms with Gasteiger partial charge in [-0.1, -0.05) is 28.1 Å². The number of esters is 1. The first-order chi connectivity index (χ1) is 9.94. The fourth-order valence-corrected chi connectivity index (χ4v) is 2.70. The van der Waals surface area contributed by atoms with Gasteiger partial charge in [0.2, 0.25) is 0 Å². The van der Waals surface area contributed by atoms with Gasteiger partial charge >= 0.3 is 11.9 Å². The Morgan fingerprint density at radius 3 is 2.67 bits per heavy atom. The van der Waals surface area contributed by atoms with Crippen molar-refractivity contribution in [3.05, 3.63) is 40.9 Å². The van der Waals surface area contributed by atoms with Gasteiger partial charge in [0.1, 0.15) is 6.10 Å².